The van der Waals surface area contributed by atoms with Gasteiger partial charge < -0.3 is 9.80 Å². The lowest BCUT2D eigenvalue weighted by molar-refractivity contribution is -0.0306. The molecule has 0 aromatic carbocycles. The first-order chi connectivity index (χ1) is 10.1. The Kier molecular flexibility index (Phi) is 4.92. The Bertz CT molecular complexity index is 317. The monoisotopic (exact) mass is 293 g/mol. The quantitative estimate of drug-likeness (QED) is 0.788. The smallest absolute Gasteiger partial charge is 0.0113 e. The fraction of sp³-hybridized carbons (Fsp3) is 1.00. The van der Waals surface area contributed by atoms with E-state index in [1.165, 1.54) is 78.0 Å². The van der Waals surface area contributed by atoms with Gasteiger partial charge in [0.2, 0.25) is 0 Å². The van der Waals surface area contributed by atoms with E-state index in [-0.39, 0.29) is 0 Å². The molecular formula is C18H35N3. The molecule has 0 bridgehead atoms. The van der Waals surface area contributed by atoms with Crippen molar-refractivity contribution in [1.29, 1.82) is 0 Å². The molecule has 2 aliphatic heterocycles. The molecule has 0 unspecified atom stereocenters. The third-order valence-corrected chi connectivity index (χ3v) is 6.46. The van der Waals surface area contributed by atoms with Gasteiger partial charge in [0, 0.05) is 38.8 Å². The molecule has 0 aromatic heterocycles. The van der Waals surface area contributed by atoms with Gasteiger partial charge in [0.05, 0.1) is 0 Å². The highest BCUT2D eigenvalue weighted by atomic mass is 15.3. The SMILES string of the molecule is CCN1CCC2(CC1)CC(CN1CCN(C(C)C)CC1)C2. The number of piperidine rings is 1. The molecule has 0 radical (unpaired) electrons. The predicted molar refractivity (Wildman–Crippen MR) is 89.7 cm³/mol. The summed E-state index contributed by atoms with van der Waals surface area (Å²) in [5, 5.41) is 0. The van der Waals surface area contributed by atoms with Crippen molar-refractivity contribution in [2.45, 2.75) is 52.5 Å². The maximum atomic E-state index is 2.73. The van der Waals surface area contributed by atoms with Crippen molar-refractivity contribution in [1.82, 2.24) is 14.7 Å². The topological polar surface area (TPSA) is 9.72 Å². The van der Waals surface area contributed by atoms with Gasteiger partial charge in [-0.3, -0.25) is 4.90 Å². The molecule has 0 aromatic rings. The largest absolute Gasteiger partial charge is 0.304 e. The Morgan fingerprint density at radius 2 is 1.52 bits per heavy atom. The molecule has 0 amide bonds. The van der Waals surface area contributed by atoms with Gasteiger partial charge in [0.25, 0.3) is 0 Å². The first-order valence-corrected chi connectivity index (χ1v) is 9.29. The van der Waals surface area contributed by atoms with E-state index in [0.717, 1.165) is 17.4 Å². The van der Waals surface area contributed by atoms with Crippen molar-refractivity contribution in [3.05, 3.63) is 0 Å². The third-order valence-electron chi connectivity index (χ3n) is 6.46. The van der Waals surface area contributed by atoms with Crippen molar-refractivity contribution in [3.63, 3.8) is 0 Å². The van der Waals surface area contributed by atoms with Gasteiger partial charge >= 0.3 is 0 Å². The summed E-state index contributed by atoms with van der Waals surface area (Å²) in [4.78, 5) is 7.99. The first-order valence-electron chi connectivity index (χ1n) is 9.29. The van der Waals surface area contributed by atoms with Crippen LogP contribution in [0.1, 0.15) is 46.5 Å². The summed E-state index contributed by atoms with van der Waals surface area (Å²) in [6.07, 6.45) is 5.99. The Morgan fingerprint density at radius 1 is 0.905 bits per heavy atom. The number of hydrogen-bond donors (Lipinski definition) is 0. The lowest BCUT2D eigenvalue weighted by atomic mass is 9.57. The molecular weight excluding hydrogens is 258 g/mol. The molecule has 3 rings (SSSR count). The fourth-order valence-corrected chi connectivity index (χ4v) is 4.87. The van der Waals surface area contributed by atoms with Gasteiger partial charge in [-0.2, -0.15) is 0 Å². The molecule has 21 heavy (non-hydrogen) atoms. The minimum atomic E-state index is 0.725. The average molecular weight is 293 g/mol. The number of hydrogen-bond acceptors (Lipinski definition) is 3. The first kappa shape index (κ1) is 15.8. The Labute approximate surface area is 131 Å². The van der Waals surface area contributed by atoms with E-state index in [4.69, 9.17) is 0 Å². The van der Waals surface area contributed by atoms with Crippen LogP contribution in [0.2, 0.25) is 0 Å². The second-order valence-corrected chi connectivity index (χ2v) is 8.14. The average Bonchev–Trinajstić information content (AvgIpc) is 2.47. The van der Waals surface area contributed by atoms with Crippen LogP contribution in [0, 0.1) is 11.3 Å². The summed E-state index contributed by atoms with van der Waals surface area (Å²) in [5.74, 6) is 1.00. The van der Waals surface area contributed by atoms with Crippen LogP contribution in [0.15, 0.2) is 0 Å². The van der Waals surface area contributed by atoms with E-state index in [1.54, 1.807) is 0 Å². The van der Waals surface area contributed by atoms with Gasteiger partial charge in [-0.25, -0.2) is 0 Å². The zero-order valence-corrected chi connectivity index (χ0v) is 14.5. The second kappa shape index (κ2) is 6.55. The Hall–Kier alpha value is -0.120. The van der Waals surface area contributed by atoms with Gasteiger partial charge in [-0.05, 0) is 70.5 Å². The van der Waals surface area contributed by atoms with Gasteiger partial charge in [0.1, 0.15) is 0 Å². The minimum absolute atomic E-state index is 0.725. The van der Waals surface area contributed by atoms with Crippen molar-refractivity contribution >= 4 is 0 Å². The number of piperazine rings is 1. The summed E-state index contributed by atoms with van der Waals surface area (Å²) >= 11 is 0. The molecule has 3 aliphatic rings. The van der Waals surface area contributed by atoms with E-state index in [9.17, 15) is 0 Å². The highest BCUT2D eigenvalue weighted by Crippen LogP contribution is 2.52. The van der Waals surface area contributed by atoms with Crippen molar-refractivity contribution in [2.75, 3.05) is 52.4 Å². The van der Waals surface area contributed by atoms with Crippen molar-refractivity contribution < 1.29 is 0 Å². The van der Waals surface area contributed by atoms with E-state index in [0.29, 0.717) is 0 Å². The molecule has 1 saturated carbocycles. The molecule has 3 heteroatoms. The molecule has 2 heterocycles. The maximum absolute atomic E-state index is 2.73. The van der Waals surface area contributed by atoms with E-state index in [1.807, 2.05) is 0 Å². The Balaban J connectivity index is 1.36. The van der Waals surface area contributed by atoms with E-state index in [2.05, 4.69) is 35.5 Å². The standard InChI is InChI=1S/C18H35N3/c1-4-19-7-5-18(6-8-19)13-17(14-18)15-20-9-11-21(12-10-20)16(2)3/h16-17H,4-15H2,1-3H3. The van der Waals surface area contributed by atoms with E-state index >= 15 is 0 Å². The summed E-state index contributed by atoms with van der Waals surface area (Å²) in [6, 6.07) is 0.725. The van der Waals surface area contributed by atoms with Crippen LogP contribution in [0.5, 0.6) is 0 Å². The van der Waals surface area contributed by atoms with E-state index < -0.39 is 0 Å². The lowest BCUT2D eigenvalue weighted by Gasteiger charge is -2.53. The van der Waals surface area contributed by atoms with Crippen molar-refractivity contribution in [3.8, 4) is 0 Å². The molecule has 3 fully saturated rings. The maximum Gasteiger partial charge on any atom is 0.0113 e. The van der Waals surface area contributed by atoms with Crippen LogP contribution in [0.4, 0.5) is 0 Å². The molecule has 3 nitrogen and oxygen atoms in total. The summed E-state index contributed by atoms with van der Waals surface area (Å²) in [6.45, 7) is 17.5. The third kappa shape index (κ3) is 3.62. The molecule has 1 spiro atoms. The highest BCUT2D eigenvalue weighted by molar-refractivity contribution is 4.98. The zero-order chi connectivity index (χ0) is 14.9. The summed E-state index contributed by atoms with van der Waals surface area (Å²) in [7, 11) is 0. The van der Waals surface area contributed by atoms with Gasteiger partial charge in [-0.1, -0.05) is 6.92 Å². The molecule has 122 valence electrons. The van der Waals surface area contributed by atoms with Crippen LogP contribution in [0.25, 0.3) is 0 Å². The zero-order valence-electron chi connectivity index (χ0n) is 14.5. The van der Waals surface area contributed by atoms with Crippen LogP contribution in [0.3, 0.4) is 0 Å². The molecule has 2 saturated heterocycles. The number of likely N-dealkylation sites (tertiary alicyclic amines) is 1. The molecule has 0 atom stereocenters. The van der Waals surface area contributed by atoms with Crippen LogP contribution in [-0.4, -0.2) is 73.1 Å². The van der Waals surface area contributed by atoms with Crippen LogP contribution in [-0.2, 0) is 0 Å². The molecule has 1 aliphatic carbocycles. The molecule has 0 N–H and O–H groups in total. The number of rotatable bonds is 4. The second-order valence-electron chi connectivity index (χ2n) is 8.14. The fourth-order valence-electron chi connectivity index (χ4n) is 4.87. The van der Waals surface area contributed by atoms with Gasteiger partial charge in [0.15, 0.2) is 0 Å². The van der Waals surface area contributed by atoms with Crippen LogP contribution < -0.4 is 0 Å². The number of nitrogens with zero attached hydrogens (tertiary/aromatic N) is 3. The highest BCUT2D eigenvalue weighted by Gasteiger charge is 2.45. The normalized spacial score (nSPS) is 29.1. The summed E-state index contributed by atoms with van der Waals surface area (Å²) < 4.78 is 0. The lowest BCUT2D eigenvalue weighted by Crippen LogP contribution is -2.53. The predicted octanol–water partition coefficient (Wildman–Crippen LogP) is 2.52. The van der Waals surface area contributed by atoms with Crippen molar-refractivity contribution in [2.24, 2.45) is 11.3 Å². The van der Waals surface area contributed by atoms with Crippen LogP contribution >= 0.6 is 0 Å². The Morgan fingerprint density at radius 3 is 2.05 bits per heavy atom. The minimum Gasteiger partial charge on any atom is -0.304 e. The van der Waals surface area contributed by atoms with Gasteiger partial charge in [-0.15, -0.1) is 0 Å². The summed E-state index contributed by atoms with van der Waals surface area (Å²) in [5.41, 5.74) is 0.760.